The first kappa shape index (κ1) is 21.3. The summed E-state index contributed by atoms with van der Waals surface area (Å²) < 4.78 is 28.9. The molecule has 2 heterocycles. The van der Waals surface area contributed by atoms with Crippen LogP contribution in [0, 0.1) is 11.3 Å². The lowest BCUT2D eigenvalue weighted by Gasteiger charge is -2.41. The Labute approximate surface area is 169 Å². The zero-order valence-electron chi connectivity index (χ0n) is 17.4. The molecule has 3 rings (SSSR count). The highest BCUT2D eigenvalue weighted by Crippen LogP contribution is 2.41. The van der Waals surface area contributed by atoms with Gasteiger partial charge in [0.25, 0.3) is 0 Å². The third-order valence-corrected chi connectivity index (χ3v) is 8.23. The number of aryl methyl sites for hydroxylation is 1. The molecule has 156 valence electrons. The summed E-state index contributed by atoms with van der Waals surface area (Å²) in [7, 11) is -1.70. The van der Waals surface area contributed by atoms with Crippen molar-refractivity contribution in [1.29, 1.82) is 0 Å². The number of sulfonamides is 1. The molecule has 2 fully saturated rings. The average Bonchev–Trinajstić information content (AvgIpc) is 3.32. The summed E-state index contributed by atoms with van der Waals surface area (Å²) >= 11 is 0. The van der Waals surface area contributed by atoms with Crippen molar-refractivity contribution in [2.45, 2.75) is 56.9 Å². The minimum absolute atomic E-state index is 0.193. The maximum Gasteiger partial charge on any atom is 0.246 e. The van der Waals surface area contributed by atoms with E-state index in [1.54, 1.807) is 17.5 Å². The topological polar surface area (TPSA) is 67.2 Å². The molecule has 2 unspecified atom stereocenters. The molecule has 0 amide bonds. The Morgan fingerprint density at radius 3 is 2.71 bits per heavy atom. The van der Waals surface area contributed by atoms with E-state index in [0.29, 0.717) is 29.9 Å². The van der Waals surface area contributed by atoms with Crippen LogP contribution >= 0.6 is 0 Å². The number of rotatable bonds is 9. The Kier molecular flexibility index (Phi) is 6.47. The largest absolute Gasteiger partial charge is 0.313 e. The van der Waals surface area contributed by atoms with Crippen molar-refractivity contribution < 1.29 is 8.42 Å². The lowest BCUT2D eigenvalue weighted by Crippen LogP contribution is -2.47. The fourth-order valence-corrected chi connectivity index (χ4v) is 5.94. The molecule has 2 atom stereocenters. The molecule has 28 heavy (non-hydrogen) atoms. The molecule has 0 radical (unpaired) electrons. The van der Waals surface area contributed by atoms with Gasteiger partial charge in [-0.2, -0.15) is 9.40 Å². The van der Waals surface area contributed by atoms with Crippen LogP contribution in [0.5, 0.6) is 0 Å². The first-order valence-corrected chi connectivity index (χ1v) is 11.8. The highest BCUT2D eigenvalue weighted by Gasteiger charge is 2.42. The quantitative estimate of drug-likeness (QED) is 0.640. The van der Waals surface area contributed by atoms with Crippen LogP contribution in [-0.2, 0) is 17.1 Å². The number of hydrogen-bond acceptors (Lipinski definition) is 4. The van der Waals surface area contributed by atoms with E-state index in [4.69, 9.17) is 0 Å². The monoisotopic (exact) mass is 406 g/mol. The number of piperidine rings is 1. The molecule has 0 bridgehead atoms. The molecule has 1 aromatic heterocycles. The van der Waals surface area contributed by atoms with E-state index in [1.165, 1.54) is 22.9 Å². The van der Waals surface area contributed by atoms with Gasteiger partial charge in [-0.3, -0.25) is 4.68 Å². The molecule has 1 aliphatic heterocycles. The molecule has 1 aromatic rings. The van der Waals surface area contributed by atoms with E-state index in [9.17, 15) is 8.42 Å². The zero-order valence-corrected chi connectivity index (χ0v) is 18.2. The van der Waals surface area contributed by atoms with Crippen molar-refractivity contribution in [3.63, 3.8) is 0 Å². The summed E-state index contributed by atoms with van der Waals surface area (Å²) in [6.07, 6.45) is 12.3. The van der Waals surface area contributed by atoms with Gasteiger partial charge >= 0.3 is 0 Å². The molecule has 0 spiro atoms. The van der Waals surface area contributed by atoms with E-state index in [-0.39, 0.29) is 5.41 Å². The molecule has 0 aromatic carbocycles. The molecule has 1 aliphatic carbocycles. The van der Waals surface area contributed by atoms with E-state index in [2.05, 4.69) is 36.9 Å². The van der Waals surface area contributed by atoms with Crippen LogP contribution in [0.2, 0.25) is 0 Å². The first-order chi connectivity index (χ1) is 13.3. The summed E-state index contributed by atoms with van der Waals surface area (Å²) in [6, 6.07) is 0.557. The predicted molar refractivity (Wildman–Crippen MR) is 112 cm³/mol. The smallest absolute Gasteiger partial charge is 0.246 e. The summed E-state index contributed by atoms with van der Waals surface area (Å²) in [5, 5.41) is 7.79. The van der Waals surface area contributed by atoms with Crippen LogP contribution in [0.25, 0.3) is 0 Å². The van der Waals surface area contributed by atoms with Gasteiger partial charge in [0.15, 0.2) is 0 Å². The normalized spacial score (nSPS) is 25.6. The Bertz CT molecular complexity index is 819. The molecule has 1 N–H and O–H groups in total. The molecular formula is C21H34N4O2S. The van der Waals surface area contributed by atoms with Gasteiger partial charge < -0.3 is 5.32 Å². The van der Waals surface area contributed by atoms with Gasteiger partial charge in [-0.1, -0.05) is 37.6 Å². The third kappa shape index (κ3) is 4.58. The SMILES string of the molecule is C=CC=C(C)C1CC1NCC1(CCC)CCN(S(=O)(=O)c2cnn(C)c2)CC1. The molecule has 1 saturated carbocycles. The van der Waals surface area contributed by atoms with Crippen LogP contribution in [-0.4, -0.2) is 48.2 Å². The second-order valence-electron chi connectivity index (χ2n) is 8.48. The minimum atomic E-state index is -3.44. The third-order valence-electron chi connectivity index (χ3n) is 6.38. The van der Waals surface area contributed by atoms with Gasteiger partial charge in [-0.15, -0.1) is 0 Å². The zero-order chi connectivity index (χ0) is 20.4. The van der Waals surface area contributed by atoms with Crippen LogP contribution in [0.15, 0.2) is 41.6 Å². The highest BCUT2D eigenvalue weighted by molar-refractivity contribution is 7.89. The van der Waals surface area contributed by atoms with Crippen molar-refractivity contribution in [3.05, 3.63) is 36.7 Å². The minimum Gasteiger partial charge on any atom is -0.313 e. The van der Waals surface area contributed by atoms with Gasteiger partial charge in [-0.05, 0) is 43.9 Å². The van der Waals surface area contributed by atoms with E-state index < -0.39 is 10.0 Å². The van der Waals surface area contributed by atoms with Gasteiger partial charge in [0.05, 0.1) is 6.20 Å². The number of nitrogens with zero attached hydrogens (tertiary/aromatic N) is 3. The van der Waals surface area contributed by atoms with Crippen molar-refractivity contribution in [3.8, 4) is 0 Å². The maximum atomic E-state index is 12.9. The molecule has 7 heteroatoms. The standard InChI is InChI=1S/C21H34N4O2S/c1-5-7-17(3)19-13-20(19)22-16-21(8-6-2)9-11-25(12-10-21)28(26,27)18-14-23-24(4)15-18/h5,7,14-15,19-20,22H,1,6,8-13,16H2,2-4H3. The fourth-order valence-electron chi connectivity index (χ4n) is 4.51. The second-order valence-corrected chi connectivity index (χ2v) is 10.4. The van der Waals surface area contributed by atoms with Crippen molar-refractivity contribution in [2.24, 2.45) is 18.4 Å². The van der Waals surface area contributed by atoms with Crippen LogP contribution in [0.1, 0.15) is 46.0 Å². The molecule has 1 saturated heterocycles. The number of hydrogen-bond donors (Lipinski definition) is 1. The van der Waals surface area contributed by atoms with Gasteiger partial charge in [0.1, 0.15) is 4.90 Å². The maximum absolute atomic E-state index is 12.9. The lowest BCUT2D eigenvalue weighted by atomic mass is 9.75. The fraction of sp³-hybridized carbons (Fsp3) is 0.667. The number of aromatic nitrogens is 2. The Hall–Kier alpha value is -1.44. The highest BCUT2D eigenvalue weighted by atomic mass is 32.2. The molecule has 2 aliphatic rings. The van der Waals surface area contributed by atoms with E-state index >= 15 is 0 Å². The first-order valence-electron chi connectivity index (χ1n) is 10.3. The molecule has 6 nitrogen and oxygen atoms in total. The predicted octanol–water partition coefficient (Wildman–Crippen LogP) is 3.10. The summed E-state index contributed by atoms with van der Waals surface area (Å²) in [5.74, 6) is 0.628. The summed E-state index contributed by atoms with van der Waals surface area (Å²) in [6.45, 7) is 10.3. The van der Waals surface area contributed by atoms with E-state index in [0.717, 1.165) is 32.2 Å². The summed E-state index contributed by atoms with van der Waals surface area (Å²) in [4.78, 5) is 0.293. The summed E-state index contributed by atoms with van der Waals surface area (Å²) in [5.41, 5.74) is 1.59. The van der Waals surface area contributed by atoms with Crippen LogP contribution in [0.4, 0.5) is 0 Å². The second kappa shape index (κ2) is 8.51. The molecular weight excluding hydrogens is 372 g/mol. The van der Waals surface area contributed by atoms with Gasteiger partial charge in [0.2, 0.25) is 10.0 Å². The average molecular weight is 407 g/mol. The van der Waals surface area contributed by atoms with Crippen molar-refractivity contribution in [2.75, 3.05) is 19.6 Å². The van der Waals surface area contributed by atoms with Gasteiger partial charge in [-0.25, -0.2) is 8.42 Å². The Morgan fingerprint density at radius 1 is 1.43 bits per heavy atom. The van der Waals surface area contributed by atoms with Crippen molar-refractivity contribution >= 4 is 10.0 Å². The van der Waals surface area contributed by atoms with Crippen LogP contribution < -0.4 is 5.32 Å². The number of allylic oxidation sites excluding steroid dienone is 2. The van der Waals surface area contributed by atoms with E-state index in [1.807, 2.05) is 6.08 Å². The Balaban J connectivity index is 1.59. The van der Waals surface area contributed by atoms with Gasteiger partial charge in [0, 0.05) is 38.9 Å². The lowest BCUT2D eigenvalue weighted by molar-refractivity contribution is 0.135. The van der Waals surface area contributed by atoms with Crippen molar-refractivity contribution in [1.82, 2.24) is 19.4 Å². The number of nitrogens with one attached hydrogen (secondary N) is 1. The van der Waals surface area contributed by atoms with Crippen LogP contribution in [0.3, 0.4) is 0 Å². The Morgan fingerprint density at radius 2 is 2.14 bits per heavy atom.